The second-order valence-electron chi connectivity index (χ2n) is 2.19. The van der Waals surface area contributed by atoms with Gasteiger partial charge in [-0.25, -0.2) is 0 Å². The maximum Gasteiger partial charge on any atom is 0.304 e. The lowest BCUT2D eigenvalue weighted by molar-refractivity contribution is 0.269. The third kappa shape index (κ3) is 9.56. The number of halogens is 1. The SMILES string of the molecule is CCO[SiH2]OC.Clc1ccccc1. The standard InChI is InChI=1S/C6H5Cl.C3H10O2Si/c7-6-4-2-1-3-5-6;1-3-5-6-4-2/h1-5H;3,6H2,1-2H3. The number of hydrogen-bond donors (Lipinski definition) is 0. The summed E-state index contributed by atoms with van der Waals surface area (Å²) < 4.78 is 9.60. The quantitative estimate of drug-likeness (QED) is 0.571. The largest absolute Gasteiger partial charge is 0.402 e. The van der Waals surface area contributed by atoms with Crippen LogP contribution in [0.5, 0.6) is 0 Å². The van der Waals surface area contributed by atoms with Crippen molar-refractivity contribution in [2.75, 3.05) is 13.7 Å². The van der Waals surface area contributed by atoms with Crippen LogP contribution in [-0.2, 0) is 8.85 Å². The van der Waals surface area contributed by atoms with E-state index in [1.165, 1.54) is 0 Å². The fourth-order valence-corrected chi connectivity index (χ4v) is 1.06. The Labute approximate surface area is 86.9 Å². The lowest BCUT2D eigenvalue weighted by Gasteiger charge is -1.92. The minimum absolute atomic E-state index is 0.578. The molecule has 0 fully saturated rings. The van der Waals surface area contributed by atoms with E-state index in [0.29, 0.717) is 0 Å². The van der Waals surface area contributed by atoms with Gasteiger partial charge in [0.1, 0.15) is 0 Å². The van der Waals surface area contributed by atoms with Crippen molar-refractivity contribution in [3.8, 4) is 0 Å². The van der Waals surface area contributed by atoms with E-state index in [9.17, 15) is 0 Å². The van der Waals surface area contributed by atoms with Crippen molar-refractivity contribution in [2.45, 2.75) is 6.92 Å². The van der Waals surface area contributed by atoms with Crippen LogP contribution in [0.2, 0.25) is 5.02 Å². The molecule has 0 N–H and O–H groups in total. The predicted octanol–water partition coefficient (Wildman–Crippen LogP) is 2.01. The predicted molar refractivity (Wildman–Crippen MR) is 58.6 cm³/mol. The van der Waals surface area contributed by atoms with Gasteiger partial charge >= 0.3 is 10.0 Å². The first kappa shape index (κ1) is 12.6. The molecule has 0 unspecified atom stereocenters. The summed E-state index contributed by atoms with van der Waals surface area (Å²) in [7, 11) is 1.09. The van der Waals surface area contributed by atoms with Gasteiger partial charge in [0.25, 0.3) is 0 Å². The van der Waals surface area contributed by atoms with Crippen LogP contribution in [0.15, 0.2) is 30.3 Å². The lowest BCUT2D eigenvalue weighted by atomic mass is 10.4. The summed E-state index contributed by atoms with van der Waals surface area (Å²) >= 11 is 5.54. The molecule has 0 saturated carbocycles. The van der Waals surface area contributed by atoms with E-state index >= 15 is 0 Å². The van der Waals surface area contributed by atoms with Crippen molar-refractivity contribution in [1.82, 2.24) is 0 Å². The molecule has 4 heteroatoms. The summed E-state index contributed by atoms with van der Waals surface area (Å²) in [6.07, 6.45) is 0. The zero-order valence-corrected chi connectivity index (χ0v) is 10.2. The Morgan fingerprint density at radius 3 is 2.15 bits per heavy atom. The summed E-state index contributed by atoms with van der Waals surface area (Å²) in [6, 6.07) is 9.44. The van der Waals surface area contributed by atoms with E-state index in [-0.39, 0.29) is 0 Å². The molecule has 1 rings (SSSR count). The second kappa shape index (κ2) is 9.73. The van der Waals surface area contributed by atoms with Gasteiger partial charge in [-0.3, -0.25) is 0 Å². The summed E-state index contributed by atoms with van der Waals surface area (Å²) in [4.78, 5) is 0. The molecule has 0 radical (unpaired) electrons. The molecule has 0 atom stereocenters. The Hall–Kier alpha value is -0.353. The second-order valence-corrected chi connectivity index (χ2v) is 3.85. The van der Waals surface area contributed by atoms with Crippen LogP contribution in [0.25, 0.3) is 0 Å². The fraction of sp³-hybridized carbons (Fsp3) is 0.333. The molecule has 1 aromatic rings. The summed E-state index contributed by atoms with van der Waals surface area (Å²) in [5.41, 5.74) is 0. The highest BCUT2D eigenvalue weighted by Crippen LogP contribution is 2.03. The molecule has 2 nitrogen and oxygen atoms in total. The first-order valence-electron chi connectivity index (χ1n) is 4.08. The van der Waals surface area contributed by atoms with Crippen LogP contribution < -0.4 is 0 Å². The van der Waals surface area contributed by atoms with Gasteiger partial charge in [-0.05, 0) is 19.1 Å². The van der Waals surface area contributed by atoms with Crippen molar-refractivity contribution in [3.05, 3.63) is 35.4 Å². The van der Waals surface area contributed by atoms with Crippen molar-refractivity contribution >= 4 is 21.6 Å². The van der Waals surface area contributed by atoms with E-state index in [1.54, 1.807) is 7.11 Å². The van der Waals surface area contributed by atoms with Crippen LogP contribution in [-0.4, -0.2) is 23.7 Å². The summed E-state index contributed by atoms with van der Waals surface area (Å²) in [6.45, 7) is 2.76. The normalized spacial score (nSPS) is 9.77. The van der Waals surface area contributed by atoms with Crippen LogP contribution in [0.4, 0.5) is 0 Å². The highest BCUT2D eigenvalue weighted by Gasteiger charge is 1.75. The molecule has 0 aliphatic carbocycles. The topological polar surface area (TPSA) is 18.5 Å². The minimum Gasteiger partial charge on any atom is -0.402 e. The molecule has 0 amide bonds. The molecule has 1 aromatic carbocycles. The smallest absolute Gasteiger partial charge is 0.304 e. The van der Waals surface area contributed by atoms with Crippen LogP contribution in [0.1, 0.15) is 6.92 Å². The maximum atomic E-state index is 5.54. The number of rotatable bonds is 3. The van der Waals surface area contributed by atoms with E-state index in [2.05, 4.69) is 0 Å². The van der Waals surface area contributed by atoms with Crippen LogP contribution in [0, 0.1) is 0 Å². The van der Waals surface area contributed by atoms with Gasteiger partial charge in [-0.1, -0.05) is 29.8 Å². The van der Waals surface area contributed by atoms with E-state index in [0.717, 1.165) is 11.6 Å². The Bertz CT molecular complexity index is 190. The number of hydrogen-bond acceptors (Lipinski definition) is 2. The summed E-state index contributed by atoms with van der Waals surface area (Å²) in [5.74, 6) is 0. The molecule has 0 spiro atoms. The Morgan fingerprint density at radius 2 is 1.92 bits per heavy atom. The van der Waals surface area contributed by atoms with Gasteiger partial charge in [0, 0.05) is 18.7 Å². The molecule has 0 saturated heterocycles. The van der Waals surface area contributed by atoms with Gasteiger partial charge in [0.2, 0.25) is 0 Å². The Morgan fingerprint density at radius 1 is 1.31 bits per heavy atom. The molecule has 0 aromatic heterocycles. The maximum absolute atomic E-state index is 5.54. The molecule has 74 valence electrons. The molecule has 0 aliphatic heterocycles. The summed E-state index contributed by atoms with van der Waals surface area (Å²) in [5, 5.41) is 0.794. The Balaban J connectivity index is 0.000000226. The first-order valence-corrected chi connectivity index (χ1v) is 5.61. The van der Waals surface area contributed by atoms with E-state index in [1.807, 2.05) is 37.3 Å². The average Bonchev–Trinajstić information content (AvgIpc) is 2.17. The highest BCUT2D eigenvalue weighted by atomic mass is 35.5. The van der Waals surface area contributed by atoms with Gasteiger partial charge in [-0.2, -0.15) is 0 Å². The van der Waals surface area contributed by atoms with Gasteiger partial charge in [-0.15, -0.1) is 0 Å². The minimum atomic E-state index is -0.578. The van der Waals surface area contributed by atoms with Crippen molar-refractivity contribution in [3.63, 3.8) is 0 Å². The van der Waals surface area contributed by atoms with Crippen molar-refractivity contribution < 1.29 is 8.85 Å². The van der Waals surface area contributed by atoms with E-state index in [4.69, 9.17) is 20.5 Å². The molecule has 0 aliphatic rings. The van der Waals surface area contributed by atoms with Crippen molar-refractivity contribution in [2.24, 2.45) is 0 Å². The van der Waals surface area contributed by atoms with Gasteiger partial charge in [0.15, 0.2) is 0 Å². The molecule has 0 heterocycles. The van der Waals surface area contributed by atoms with Gasteiger partial charge in [0.05, 0.1) is 0 Å². The molecular weight excluding hydrogens is 204 g/mol. The average molecular weight is 219 g/mol. The van der Waals surface area contributed by atoms with Crippen LogP contribution >= 0.6 is 11.6 Å². The van der Waals surface area contributed by atoms with Gasteiger partial charge < -0.3 is 8.85 Å². The highest BCUT2D eigenvalue weighted by molar-refractivity contribution is 6.30. The zero-order valence-electron chi connectivity index (χ0n) is 8.00. The fourth-order valence-electron chi connectivity index (χ4n) is 0.581. The van der Waals surface area contributed by atoms with Crippen LogP contribution in [0.3, 0.4) is 0 Å². The van der Waals surface area contributed by atoms with E-state index < -0.39 is 10.0 Å². The lowest BCUT2D eigenvalue weighted by Crippen LogP contribution is -1.98. The first-order chi connectivity index (χ1) is 6.31. The Kier molecular flexibility index (Phi) is 9.47. The molecule has 13 heavy (non-hydrogen) atoms. The van der Waals surface area contributed by atoms with Crippen molar-refractivity contribution in [1.29, 1.82) is 0 Å². The third-order valence-electron chi connectivity index (χ3n) is 1.14. The molecule has 0 bridgehead atoms. The third-order valence-corrected chi connectivity index (χ3v) is 2.20. The zero-order chi connectivity index (χ0) is 9.94. The number of benzene rings is 1. The molecular formula is C9H15ClO2Si. The monoisotopic (exact) mass is 218 g/mol.